The molecule has 0 aliphatic heterocycles. The van der Waals surface area contributed by atoms with Crippen LogP contribution in [0.25, 0.3) is 0 Å². The first kappa shape index (κ1) is 18.7. The van der Waals surface area contributed by atoms with E-state index in [0.717, 1.165) is 10.6 Å². The second kappa shape index (κ2) is 8.48. The zero-order valence-corrected chi connectivity index (χ0v) is 15.1. The minimum absolute atomic E-state index is 0.0527. The molecule has 1 N–H and O–H groups in total. The number of hydrogen-bond acceptors (Lipinski definition) is 7. The van der Waals surface area contributed by atoms with Crippen molar-refractivity contribution in [3.8, 4) is 0 Å². The number of hydrogen-bond donors (Lipinski definition) is 1. The molecule has 8 heteroatoms. The molecule has 1 aromatic heterocycles. The topological polar surface area (TPSA) is 98.2 Å². The Morgan fingerprint density at radius 3 is 2.40 bits per heavy atom. The number of esters is 1. The highest BCUT2D eigenvalue weighted by atomic mass is 32.1. The van der Waals surface area contributed by atoms with Crippen LogP contribution in [0.1, 0.15) is 40.7 Å². The Labute approximate surface area is 149 Å². The van der Waals surface area contributed by atoms with Gasteiger partial charge in [0, 0.05) is 12.0 Å². The van der Waals surface area contributed by atoms with Gasteiger partial charge < -0.3 is 10.1 Å². The van der Waals surface area contributed by atoms with Gasteiger partial charge in [0.25, 0.3) is 0 Å². The average molecular weight is 361 g/mol. The number of carbonyl (C=O) groups is 3. The van der Waals surface area contributed by atoms with Gasteiger partial charge in [0.1, 0.15) is 5.01 Å². The van der Waals surface area contributed by atoms with Crippen molar-refractivity contribution in [3.05, 3.63) is 40.4 Å². The van der Waals surface area contributed by atoms with Crippen molar-refractivity contribution >= 4 is 34.1 Å². The predicted octanol–water partition coefficient (Wildman–Crippen LogP) is 2.69. The molecule has 0 aliphatic carbocycles. The number of Topliss-reactive ketones (excluding diaryl/α,β-unsaturated/α-hetero) is 1. The molecule has 0 unspecified atom stereocenters. The van der Waals surface area contributed by atoms with Crippen LogP contribution in [0.3, 0.4) is 0 Å². The molecule has 0 saturated carbocycles. The van der Waals surface area contributed by atoms with Crippen LogP contribution in [0, 0.1) is 13.8 Å². The molecule has 0 fully saturated rings. The van der Waals surface area contributed by atoms with Gasteiger partial charge in [0.2, 0.25) is 16.8 Å². The first-order chi connectivity index (χ1) is 11.8. The summed E-state index contributed by atoms with van der Waals surface area (Å²) in [5, 5.41) is 11.2. The van der Waals surface area contributed by atoms with Crippen molar-refractivity contribution in [2.45, 2.75) is 39.7 Å². The summed E-state index contributed by atoms with van der Waals surface area (Å²) in [6.45, 7) is 5.22. The number of ether oxygens (including phenoxy) is 1. The van der Waals surface area contributed by atoms with E-state index in [0.29, 0.717) is 10.7 Å². The van der Waals surface area contributed by atoms with E-state index in [4.69, 9.17) is 4.74 Å². The van der Waals surface area contributed by atoms with E-state index in [1.807, 2.05) is 19.1 Å². The zero-order valence-electron chi connectivity index (χ0n) is 14.2. The number of benzene rings is 1. The summed E-state index contributed by atoms with van der Waals surface area (Å²) < 4.78 is 5.11. The van der Waals surface area contributed by atoms with E-state index >= 15 is 0 Å². The molecule has 132 valence electrons. The normalized spacial score (nSPS) is 11.6. The van der Waals surface area contributed by atoms with Crippen LogP contribution in [0.15, 0.2) is 24.3 Å². The fourth-order valence-electron chi connectivity index (χ4n) is 2.01. The van der Waals surface area contributed by atoms with Crippen LogP contribution in [-0.2, 0) is 14.3 Å². The molecule has 0 bridgehead atoms. The molecule has 0 aliphatic rings. The number of nitrogens with one attached hydrogen (secondary N) is 1. The summed E-state index contributed by atoms with van der Waals surface area (Å²) in [7, 11) is 0. The summed E-state index contributed by atoms with van der Waals surface area (Å²) >= 11 is 1.25. The Bertz CT molecular complexity index is 770. The third-order valence-corrected chi connectivity index (χ3v) is 4.10. The molecule has 2 rings (SSSR count). The Morgan fingerprint density at radius 2 is 1.80 bits per heavy atom. The average Bonchev–Trinajstić information content (AvgIpc) is 2.98. The van der Waals surface area contributed by atoms with Crippen LogP contribution in [0.4, 0.5) is 5.13 Å². The third-order valence-electron chi connectivity index (χ3n) is 3.34. The van der Waals surface area contributed by atoms with Crippen molar-refractivity contribution in [3.63, 3.8) is 0 Å². The third kappa shape index (κ3) is 5.75. The number of ketones is 1. The van der Waals surface area contributed by atoms with Crippen LogP contribution in [0.5, 0.6) is 0 Å². The van der Waals surface area contributed by atoms with E-state index in [9.17, 15) is 14.4 Å². The van der Waals surface area contributed by atoms with E-state index in [1.165, 1.54) is 18.3 Å². The number of amides is 1. The summed E-state index contributed by atoms with van der Waals surface area (Å²) in [6.07, 6.45) is -1.07. The molecule has 1 heterocycles. The summed E-state index contributed by atoms with van der Waals surface area (Å²) in [5.41, 5.74) is 1.52. The molecule has 25 heavy (non-hydrogen) atoms. The predicted molar refractivity (Wildman–Crippen MR) is 93.6 cm³/mol. The summed E-state index contributed by atoms with van der Waals surface area (Å²) in [4.78, 5) is 35.8. The smallest absolute Gasteiger partial charge is 0.307 e. The number of carbonyl (C=O) groups excluding carboxylic acids is 3. The van der Waals surface area contributed by atoms with Gasteiger partial charge in [-0.25, -0.2) is 0 Å². The number of aryl methyl sites for hydroxylation is 2. The number of aromatic nitrogens is 2. The van der Waals surface area contributed by atoms with Gasteiger partial charge in [0.05, 0.1) is 6.42 Å². The second-order valence-corrected chi connectivity index (χ2v) is 6.72. The van der Waals surface area contributed by atoms with E-state index in [-0.39, 0.29) is 24.5 Å². The minimum Gasteiger partial charge on any atom is -0.454 e. The molecule has 1 atom stereocenters. The highest BCUT2D eigenvalue weighted by Gasteiger charge is 2.20. The van der Waals surface area contributed by atoms with E-state index in [2.05, 4.69) is 15.5 Å². The molecule has 1 aromatic carbocycles. The molecule has 0 radical (unpaired) electrons. The summed E-state index contributed by atoms with van der Waals surface area (Å²) in [5.74, 6) is -1.23. The van der Waals surface area contributed by atoms with Gasteiger partial charge in [0.15, 0.2) is 6.10 Å². The quantitative estimate of drug-likeness (QED) is 0.601. The maximum absolute atomic E-state index is 12.2. The number of anilines is 1. The molecule has 1 amide bonds. The van der Waals surface area contributed by atoms with Gasteiger partial charge in [-0.2, -0.15) is 0 Å². The largest absolute Gasteiger partial charge is 0.454 e. The van der Waals surface area contributed by atoms with Crippen LogP contribution in [0.2, 0.25) is 0 Å². The summed E-state index contributed by atoms with van der Waals surface area (Å²) in [6, 6.07) is 7.03. The lowest BCUT2D eigenvalue weighted by Gasteiger charge is -2.12. The first-order valence-electron chi connectivity index (χ1n) is 7.75. The lowest BCUT2D eigenvalue weighted by Crippen LogP contribution is -2.25. The van der Waals surface area contributed by atoms with Crippen molar-refractivity contribution in [2.24, 2.45) is 0 Å². The molecule has 2 aromatic rings. The molecule has 0 spiro atoms. The van der Waals surface area contributed by atoms with E-state index < -0.39 is 12.1 Å². The molecular formula is C17H19N3O4S. The lowest BCUT2D eigenvalue weighted by molar-refractivity contribution is -0.147. The van der Waals surface area contributed by atoms with Crippen molar-refractivity contribution in [2.75, 3.05) is 5.32 Å². The van der Waals surface area contributed by atoms with Gasteiger partial charge >= 0.3 is 5.97 Å². The zero-order chi connectivity index (χ0) is 18.4. The molecule has 0 saturated heterocycles. The number of nitrogens with zero attached hydrogens (tertiary/aromatic N) is 2. The van der Waals surface area contributed by atoms with Gasteiger partial charge in [-0.1, -0.05) is 41.2 Å². The van der Waals surface area contributed by atoms with Crippen LogP contribution >= 0.6 is 11.3 Å². The maximum atomic E-state index is 12.2. The maximum Gasteiger partial charge on any atom is 0.307 e. The number of rotatable bonds is 7. The van der Waals surface area contributed by atoms with Crippen molar-refractivity contribution < 1.29 is 19.1 Å². The Hall–Kier alpha value is -2.61. The second-order valence-electron chi connectivity index (χ2n) is 5.54. The van der Waals surface area contributed by atoms with Crippen molar-refractivity contribution in [1.82, 2.24) is 10.2 Å². The molecule has 7 nitrogen and oxygen atoms in total. The fourth-order valence-corrected chi connectivity index (χ4v) is 2.61. The van der Waals surface area contributed by atoms with Gasteiger partial charge in [-0.15, -0.1) is 10.2 Å². The Balaban J connectivity index is 1.78. The Morgan fingerprint density at radius 1 is 1.12 bits per heavy atom. The van der Waals surface area contributed by atoms with E-state index in [1.54, 1.807) is 19.1 Å². The molecular weight excluding hydrogens is 342 g/mol. The van der Waals surface area contributed by atoms with Crippen LogP contribution in [-0.4, -0.2) is 34.0 Å². The van der Waals surface area contributed by atoms with Gasteiger partial charge in [-0.05, 0) is 20.8 Å². The fraction of sp³-hybridized carbons (Fsp3) is 0.353. The highest BCUT2D eigenvalue weighted by Crippen LogP contribution is 2.14. The minimum atomic E-state index is -0.899. The SMILES string of the molecule is Cc1ccc(C(=O)[C@@H](C)OC(=O)CCC(=O)Nc2nnc(C)s2)cc1. The van der Waals surface area contributed by atoms with Crippen molar-refractivity contribution in [1.29, 1.82) is 0 Å². The standard InChI is InChI=1S/C17H19N3O4S/c1-10-4-6-13(7-5-10)16(23)11(2)24-15(22)9-8-14(21)18-17-20-19-12(3)25-17/h4-7,11H,8-9H2,1-3H3,(H,18,20,21)/t11-/m1/s1. The lowest BCUT2D eigenvalue weighted by atomic mass is 10.1. The van der Waals surface area contributed by atoms with Gasteiger partial charge in [-0.3, -0.25) is 14.4 Å². The highest BCUT2D eigenvalue weighted by molar-refractivity contribution is 7.15. The monoisotopic (exact) mass is 361 g/mol. The Kier molecular flexibility index (Phi) is 6.35. The van der Waals surface area contributed by atoms with Crippen LogP contribution < -0.4 is 5.32 Å². The first-order valence-corrected chi connectivity index (χ1v) is 8.57.